The SMILES string of the molecule is c1ccc(N(c2ccccc2)c2ccc3c(c2)[se]c2c4ccccc4ccc32)cc1. The molecule has 1 heterocycles. The molecule has 30 heavy (non-hydrogen) atoms. The maximum absolute atomic E-state index is 2.39. The van der Waals surface area contributed by atoms with E-state index in [-0.39, 0.29) is 0 Å². The molecule has 0 bridgehead atoms. The Kier molecular flexibility index (Phi) is 4.19. The zero-order valence-corrected chi connectivity index (χ0v) is 18.0. The Bertz CT molecular complexity index is 1440. The van der Waals surface area contributed by atoms with Crippen LogP contribution in [0.15, 0.2) is 115 Å². The number of nitrogens with zero attached hydrogens (tertiary/aromatic N) is 1. The van der Waals surface area contributed by atoms with Crippen molar-refractivity contribution in [3.8, 4) is 0 Å². The Labute approximate surface area is 181 Å². The fraction of sp³-hybridized carbons (Fsp3) is 0. The van der Waals surface area contributed by atoms with Gasteiger partial charge in [0, 0.05) is 0 Å². The average Bonchev–Trinajstić information content (AvgIpc) is 3.19. The van der Waals surface area contributed by atoms with E-state index in [9.17, 15) is 0 Å². The predicted octanol–water partition coefficient (Wildman–Crippen LogP) is 7.67. The fourth-order valence-electron chi connectivity index (χ4n) is 4.23. The molecule has 0 aliphatic rings. The van der Waals surface area contributed by atoms with E-state index in [1.807, 2.05) is 0 Å². The molecule has 142 valence electrons. The molecule has 0 aliphatic carbocycles. The number of hydrogen-bond acceptors (Lipinski definition) is 1. The van der Waals surface area contributed by atoms with E-state index in [4.69, 9.17) is 0 Å². The summed E-state index contributed by atoms with van der Waals surface area (Å²) in [5, 5.41) is 5.53. The second-order valence-electron chi connectivity index (χ2n) is 7.45. The zero-order chi connectivity index (χ0) is 19.9. The third-order valence-corrected chi connectivity index (χ3v) is 8.16. The van der Waals surface area contributed by atoms with Gasteiger partial charge >= 0.3 is 182 Å². The molecule has 0 unspecified atom stereocenters. The van der Waals surface area contributed by atoms with Crippen LogP contribution in [0.3, 0.4) is 0 Å². The van der Waals surface area contributed by atoms with Crippen molar-refractivity contribution in [1.29, 1.82) is 0 Å². The minimum absolute atomic E-state index is 0.306. The molecule has 0 fully saturated rings. The van der Waals surface area contributed by atoms with Crippen molar-refractivity contribution >= 4 is 61.6 Å². The van der Waals surface area contributed by atoms with Crippen LogP contribution >= 0.6 is 0 Å². The molecule has 0 saturated heterocycles. The number of benzene rings is 5. The first kappa shape index (κ1) is 17.5. The Morgan fingerprint density at radius 1 is 0.467 bits per heavy atom. The second-order valence-corrected chi connectivity index (χ2v) is 9.66. The van der Waals surface area contributed by atoms with Gasteiger partial charge in [-0.25, -0.2) is 0 Å². The van der Waals surface area contributed by atoms with Crippen LogP contribution in [-0.2, 0) is 0 Å². The molecule has 1 aromatic heterocycles. The summed E-state index contributed by atoms with van der Waals surface area (Å²) >= 11 is 0.306. The quantitative estimate of drug-likeness (QED) is 0.251. The van der Waals surface area contributed by atoms with E-state index in [0.717, 1.165) is 0 Å². The van der Waals surface area contributed by atoms with E-state index < -0.39 is 0 Å². The van der Waals surface area contributed by atoms with E-state index in [1.165, 1.54) is 47.1 Å². The summed E-state index contributed by atoms with van der Waals surface area (Å²) in [6.45, 7) is 0. The number of rotatable bonds is 3. The first-order valence-electron chi connectivity index (χ1n) is 10.1. The number of fused-ring (bicyclic) bond motifs is 5. The van der Waals surface area contributed by atoms with Gasteiger partial charge in [-0.3, -0.25) is 0 Å². The molecule has 0 spiro atoms. The summed E-state index contributed by atoms with van der Waals surface area (Å²) in [5.41, 5.74) is 3.57. The normalized spacial score (nSPS) is 11.3. The third-order valence-electron chi connectivity index (χ3n) is 5.63. The average molecular weight is 448 g/mol. The van der Waals surface area contributed by atoms with Crippen molar-refractivity contribution in [2.75, 3.05) is 4.90 Å². The van der Waals surface area contributed by atoms with E-state index in [2.05, 4.69) is 120 Å². The van der Waals surface area contributed by atoms with Crippen LogP contribution < -0.4 is 4.90 Å². The van der Waals surface area contributed by atoms with Crippen molar-refractivity contribution in [2.45, 2.75) is 0 Å². The topological polar surface area (TPSA) is 3.24 Å². The summed E-state index contributed by atoms with van der Waals surface area (Å²) in [4.78, 5) is 2.34. The summed E-state index contributed by atoms with van der Waals surface area (Å²) in [6, 6.07) is 41.5. The molecule has 5 aromatic carbocycles. The van der Waals surface area contributed by atoms with Crippen molar-refractivity contribution in [3.63, 3.8) is 0 Å². The molecule has 0 N–H and O–H groups in total. The van der Waals surface area contributed by atoms with Crippen LogP contribution in [-0.4, -0.2) is 14.5 Å². The van der Waals surface area contributed by atoms with Gasteiger partial charge in [0.15, 0.2) is 0 Å². The van der Waals surface area contributed by atoms with Crippen molar-refractivity contribution in [1.82, 2.24) is 0 Å². The van der Waals surface area contributed by atoms with Gasteiger partial charge in [-0.1, -0.05) is 0 Å². The van der Waals surface area contributed by atoms with E-state index >= 15 is 0 Å². The van der Waals surface area contributed by atoms with Crippen LogP contribution in [0.2, 0.25) is 0 Å². The molecule has 0 aliphatic heterocycles. The van der Waals surface area contributed by atoms with Gasteiger partial charge in [0.1, 0.15) is 0 Å². The van der Waals surface area contributed by atoms with E-state index in [0.29, 0.717) is 14.5 Å². The molecule has 0 atom stereocenters. The minimum atomic E-state index is 0.306. The fourth-order valence-corrected chi connectivity index (χ4v) is 6.90. The number of para-hydroxylation sites is 2. The number of hydrogen-bond donors (Lipinski definition) is 0. The second kappa shape index (κ2) is 7.18. The summed E-state index contributed by atoms with van der Waals surface area (Å²) in [7, 11) is 0. The Balaban J connectivity index is 1.59. The maximum atomic E-state index is 2.39. The van der Waals surface area contributed by atoms with Crippen LogP contribution in [0, 0.1) is 0 Å². The van der Waals surface area contributed by atoms with Gasteiger partial charge in [0.2, 0.25) is 0 Å². The van der Waals surface area contributed by atoms with E-state index in [1.54, 1.807) is 0 Å². The molecule has 1 nitrogen and oxygen atoms in total. The molecule has 6 aromatic rings. The van der Waals surface area contributed by atoms with Crippen molar-refractivity contribution in [2.24, 2.45) is 0 Å². The monoisotopic (exact) mass is 449 g/mol. The Morgan fingerprint density at radius 2 is 1.10 bits per heavy atom. The van der Waals surface area contributed by atoms with Crippen LogP contribution in [0.1, 0.15) is 0 Å². The van der Waals surface area contributed by atoms with Gasteiger partial charge in [-0.05, 0) is 0 Å². The predicted molar refractivity (Wildman–Crippen MR) is 131 cm³/mol. The molecule has 0 radical (unpaired) electrons. The molecule has 0 saturated carbocycles. The van der Waals surface area contributed by atoms with Crippen molar-refractivity contribution in [3.05, 3.63) is 115 Å². The van der Waals surface area contributed by atoms with Crippen LogP contribution in [0.25, 0.3) is 30.1 Å². The van der Waals surface area contributed by atoms with Gasteiger partial charge in [-0.15, -0.1) is 0 Å². The van der Waals surface area contributed by atoms with Crippen LogP contribution in [0.4, 0.5) is 17.1 Å². The van der Waals surface area contributed by atoms with Gasteiger partial charge in [0.05, 0.1) is 0 Å². The molecular weight excluding hydrogens is 429 g/mol. The standard InChI is InChI=1S/C28H19NSe/c1-3-10-21(11-4-1)29(22-12-5-2-6-13-22)23-16-18-25-26-17-15-20-9-7-8-14-24(20)28(26)30-27(25)19-23/h1-19H. The number of anilines is 3. The molecular formula is C28H19NSe. The van der Waals surface area contributed by atoms with Gasteiger partial charge in [0.25, 0.3) is 0 Å². The summed E-state index contributed by atoms with van der Waals surface area (Å²) in [6.07, 6.45) is 0. The molecule has 6 rings (SSSR count). The first-order valence-corrected chi connectivity index (χ1v) is 11.8. The van der Waals surface area contributed by atoms with Gasteiger partial charge < -0.3 is 0 Å². The summed E-state index contributed by atoms with van der Waals surface area (Å²) in [5.74, 6) is 0. The summed E-state index contributed by atoms with van der Waals surface area (Å²) < 4.78 is 2.97. The van der Waals surface area contributed by atoms with Gasteiger partial charge in [-0.2, -0.15) is 0 Å². The van der Waals surface area contributed by atoms with Crippen LogP contribution in [0.5, 0.6) is 0 Å². The zero-order valence-electron chi connectivity index (χ0n) is 16.3. The third kappa shape index (κ3) is 2.85. The molecule has 2 heteroatoms. The Morgan fingerprint density at radius 3 is 1.83 bits per heavy atom. The molecule has 0 amide bonds. The Hall–Kier alpha value is -3.32. The first-order chi connectivity index (χ1) is 14.9. The van der Waals surface area contributed by atoms with Crippen molar-refractivity contribution < 1.29 is 0 Å².